The summed E-state index contributed by atoms with van der Waals surface area (Å²) in [7, 11) is 0. The van der Waals surface area contributed by atoms with Gasteiger partial charge in [0.15, 0.2) is 5.11 Å². The maximum absolute atomic E-state index is 5.73. The summed E-state index contributed by atoms with van der Waals surface area (Å²) in [6.45, 7) is 9.61. The maximum Gasteiger partial charge on any atom is 0.171 e. The fraction of sp³-hybridized carbons (Fsp3) is 0.409. The second kappa shape index (κ2) is 9.75. The van der Waals surface area contributed by atoms with Gasteiger partial charge in [-0.05, 0) is 62.8 Å². The van der Waals surface area contributed by atoms with Crippen LogP contribution in [0.2, 0.25) is 0 Å². The molecule has 0 spiro atoms. The number of hydrogen-bond donors (Lipinski definition) is 2. The Balaban J connectivity index is 1.55. The van der Waals surface area contributed by atoms with E-state index in [9.17, 15) is 0 Å². The highest BCUT2D eigenvalue weighted by Crippen LogP contribution is 2.21. The van der Waals surface area contributed by atoms with E-state index in [1.54, 1.807) is 0 Å². The molecule has 0 aliphatic carbocycles. The van der Waals surface area contributed by atoms with Crippen LogP contribution in [0.1, 0.15) is 32.4 Å². The standard InChI is InChI=1S/C22H29N3O2S/c1-16(2)27-21-6-4-5-19(15-21)24-22(28)23-17(3)18-7-9-20(10-8-18)25-11-13-26-14-12-25/h4-10,15-17H,11-14H2,1-3H3,(H2,23,24,28)/t17-/m1/s1. The van der Waals surface area contributed by atoms with Gasteiger partial charge < -0.3 is 25.0 Å². The molecule has 2 aromatic carbocycles. The third kappa shape index (κ3) is 5.84. The summed E-state index contributed by atoms with van der Waals surface area (Å²) >= 11 is 5.49. The van der Waals surface area contributed by atoms with Gasteiger partial charge in [-0.1, -0.05) is 18.2 Å². The van der Waals surface area contributed by atoms with Crippen molar-refractivity contribution in [2.24, 2.45) is 0 Å². The van der Waals surface area contributed by atoms with Crippen LogP contribution in [0.15, 0.2) is 48.5 Å². The molecule has 0 radical (unpaired) electrons. The van der Waals surface area contributed by atoms with E-state index in [0.29, 0.717) is 5.11 Å². The third-order valence-corrected chi connectivity index (χ3v) is 4.80. The highest BCUT2D eigenvalue weighted by molar-refractivity contribution is 7.80. The summed E-state index contributed by atoms with van der Waals surface area (Å²) in [5.41, 5.74) is 3.34. The summed E-state index contributed by atoms with van der Waals surface area (Å²) in [6, 6.07) is 16.6. The lowest BCUT2D eigenvalue weighted by atomic mass is 10.1. The number of nitrogens with zero attached hydrogens (tertiary/aromatic N) is 1. The molecule has 5 nitrogen and oxygen atoms in total. The predicted molar refractivity (Wildman–Crippen MR) is 119 cm³/mol. The Morgan fingerprint density at radius 2 is 1.79 bits per heavy atom. The molecular formula is C22H29N3O2S. The Labute approximate surface area is 173 Å². The summed E-state index contributed by atoms with van der Waals surface area (Å²) in [6.07, 6.45) is 0.140. The Bertz CT molecular complexity index is 774. The van der Waals surface area contributed by atoms with Crippen LogP contribution in [0, 0.1) is 0 Å². The molecule has 0 bridgehead atoms. The number of nitrogens with one attached hydrogen (secondary N) is 2. The number of morpholine rings is 1. The molecule has 1 fully saturated rings. The van der Waals surface area contributed by atoms with Gasteiger partial charge in [-0.25, -0.2) is 0 Å². The lowest BCUT2D eigenvalue weighted by molar-refractivity contribution is 0.122. The largest absolute Gasteiger partial charge is 0.491 e. The first-order valence-corrected chi connectivity index (χ1v) is 10.2. The summed E-state index contributed by atoms with van der Waals surface area (Å²) < 4.78 is 11.2. The molecule has 3 rings (SSSR count). The van der Waals surface area contributed by atoms with Crippen molar-refractivity contribution in [3.8, 4) is 5.75 Å². The molecule has 6 heteroatoms. The molecule has 1 heterocycles. The van der Waals surface area contributed by atoms with Crippen LogP contribution in [0.3, 0.4) is 0 Å². The van der Waals surface area contributed by atoms with E-state index in [1.807, 2.05) is 38.1 Å². The molecule has 28 heavy (non-hydrogen) atoms. The van der Waals surface area contributed by atoms with Gasteiger partial charge in [0, 0.05) is 30.5 Å². The van der Waals surface area contributed by atoms with Gasteiger partial charge in [0.1, 0.15) is 5.75 Å². The van der Waals surface area contributed by atoms with E-state index in [2.05, 4.69) is 46.7 Å². The first kappa shape index (κ1) is 20.4. The van der Waals surface area contributed by atoms with Crippen molar-refractivity contribution in [2.45, 2.75) is 32.9 Å². The minimum atomic E-state index is 0.105. The molecule has 1 aliphatic rings. The van der Waals surface area contributed by atoms with E-state index < -0.39 is 0 Å². The van der Waals surface area contributed by atoms with Crippen LogP contribution in [-0.2, 0) is 4.74 Å². The quantitative estimate of drug-likeness (QED) is 0.704. The van der Waals surface area contributed by atoms with Crippen molar-refractivity contribution in [3.63, 3.8) is 0 Å². The highest BCUT2D eigenvalue weighted by atomic mass is 32.1. The monoisotopic (exact) mass is 399 g/mol. The average molecular weight is 400 g/mol. The van der Waals surface area contributed by atoms with Gasteiger partial charge in [0.05, 0.1) is 25.4 Å². The van der Waals surface area contributed by atoms with Gasteiger partial charge in [0.2, 0.25) is 0 Å². The van der Waals surface area contributed by atoms with Crippen LogP contribution in [-0.4, -0.2) is 37.5 Å². The van der Waals surface area contributed by atoms with Gasteiger partial charge in [-0.3, -0.25) is 0 Å². The van der Waals surface area contributed by atoms with Gasteiger partial charge in [0.25, 0.3) is 0 Å². The molecule has 1 aliphatic heterocycles. The predicted octanol–water partition coefficient (Wildman–Crippen LogP) is 4.36. The van der Waals surface area contributed by atoms with Gasteiger partial charge in [-0.15, -0.1) is 0 Å². The zero-order valence-electron chi connectivity index (χ0n) is 16.8. The first-order chi connectivity index (χ1) is 13.5. The van der Waals surface area contributed by atoms with Crippen molar-refractivity contribution in [1.82, 2.24) is 5.32 Å². The SMILES string of the molecule is CC(C)Oc1cccc(NC(=S)N[C@H](C)c2ccc(N3CCOCC3)cc2)c1. The molecule has 0 amide bonds. The Hall–Kier alpha value is -2.31. The minimum Gasteiger partial charge on any atom is -0.491 e. The second-order valence-corrected chi connectivity index (χ2v) is 7.61. The molecule has 0 unspecified atom stereocenters. The van der Waals surface area contributed by atoms with Crippen molar-refractivity contribution in [3.05, 3.63) is 54.1 Å². The molecule has 1 saturated heterocycles. The van der Waals surface area contributed by atoms with Crippen LogP contribution >= 0.6 is 12.2 Å². The van der Waals surface area contributed by atoms with Crippen LogP contribution < -0.4 is 20.3 Å². The Morgan fingerprint density at radius 3 is 2.46 bits per heavy atom. The molecule has 0 saturated carbocycles. The summed E-state index contributed by atoms with van der Waals surface area (Å²) in [4.78, 5) is 2.35. The fourth-order valence-corrected chi connectivity index (χ4v) is 3.46. The second-order valence-electron chi connectivity index (χ2n) is 7.21. The Morgan fingerprint density at radius 1 is 1.07 bits per heavy atom. The molecule has 1 atom stereocenters. The zero-order valence-corrected chi connectivity index (χ0v) is 17.6. The highest BCUT2D eigenvalue weighted by Gasteiger charge is 2.12. The number of benzene rings is 2. The number of rotatable bonds is 6. The topological polar surface area (TPSA) is 45.8 Å². The fourth-order valence-electron chi connectivity index (χ4n) is 3.16. The van der Waals surface area contributed by atoms with E-state index >= 15 is 0 Å². The number of anilines is 2. The van der Waals surface area contributed by atoms with E-state index in [-0.39, 0.29) is 12.1 Å². The molecule has 2 N–H and O–H groups in total. The van der Waals surface area contributed by atoms with Crippen molar-refractivity contribution in [2.75, 3.05) is 36.5 Å². The number of thiocarbonyl (C=S) groups is 1. The first-order valence-electron chi connectivity index (χ1n) is 9.78. The van der Waals surface area contributed by atoms with Crippen LogP contribution in [0.4, 0.5) is 11.4 Å². The summed E-state index contributed by atoms with van der Waals surface area (Å²) in [5.74, 6) is 0.828. The van der Waals surface area contributed by atoms with Crippen LogP contribution in [0.25, 0.3) is 0 Å². The van der Waals surface area contributed by atoms with E-state index in [4.69, 9.17) is 21.7 Å². The Kier molecular flexibility index (Phi) is 7.12. The molecule has 150 valence electrons. The number of hydrogen-bond acceptors (Lipinski definition) is 4. The summed E-state index contributed by atoms with van der Waals surface area (Å²) in [5, 5.41) is 7.18. The van der Waals surface area contributed by atoms with E-state index in [1.165, 1.54) is 11.3 Å². The third-order valence-electron chi connectivity index (χ3n) is 4.58. The number of ether oxygens (including phenoxy) is 2. The van der Waals surface area contributed by atoms with Crippen molar-refractivity contribution in [1.29, 1.82) is 0 Å². The van der Waals surface area contributed by atoms with Crippen molar-refractivity contribution < 1.29 is 9.47 Å². The maximum atomic E-state index is 5.73. The van der Waals surface area contributed by atoms with Crippen LogP contribution in [0.5, 0.6) is 5.75 Å². The van der Waals surface area contributed by atoms with Crippen molar-refractivity contribution >= 4 is 28.7 Å². The lowest BCUT2D eigenvalue weighted by Gasteiger charge is -2.29. The zero-order chi connectivity index (χ0) is 19.9. The van der Waals surface area contributed by atoms with Gasteiger partial charge in [-0.2, -0.15) is 0 Å². The lowest BCUT2D eigenvalue weighted by Crippen LogP contribution is -2.36. The molecular weight excluding hydrogens is 370 g/mol. The molecule has 0 aromatic heterocycles. The normalized spacial score (nSPS) is 15.2. The van der Waals surface area contributed by atoms with Gasteiger partial charge >= 0.3 is 0 Å². The van der Waals surface area contributed by atoms with E-state index in [0.717, 1.165) is 37.7 Å². The minimum absolute atomic E-state index is 0.105. The average Bonchev–Trinajstić information content (AvgIpc) is 2.68. The molecule has 2 aromatic rings. The smallest absolute Gasteiger partial charge is 0.171 e.